The van der Waals surface area contributed by atoms with Gasteiger partial charge in [0, 0.05) is 30.3 Å². The molecular formula is C27H47N3O4S2. The van der Waals surface area contributed by atoms with Crippen LogP contribution in [0.5, 0.6) is 0 Å². The quantitative estimate of drug-likeness (QED) is 0.0725. The van der Waals surface area contributed by atoms with E-state index in [-0.39, 0.29) is 23.9 Å². The summed E-state index contributed by atoms with van der Waals surface area (Å²) in [5.74, 6) is 2.86. The number of nitrogens with one attached hydrogen (secondary N) is 3. The summed E-state index contributed by atoms with van der Waals surface area (Å²) in [7, 11) is 3.50. The van der Waals surface area contributed by atoms with Gasteiger partial charge in [0.25, 0.3) is 5.91 Å². The molecule has 36 heavy (non-hydrogen) atoms. The number of rotatable bonds is 15. The third-order valence-electron chi connectivity index (χ3n) is 3.76. The van der Waals surface area contributed by atoms with Gasteiger partial charge in [-0.15, -0.1) is 0 Å². The predicted molar refractivity (Wildman–Crippen MR) is 156 cm³/mol. The summed E-state index contributed by atoms with van der Waals surface area (Å²) < 4.78 is 11.3. The third-order valence-corrected chi connectivity index (χ3v) is 6.85. The van der Waals surface area contributed by atoms with Gasteiger partial charge in [0.2, 0.25) is 6.41 Å². The molecule has 0 radical (unpaired) electrons. The van der Waals surface area contributed by atoms with Crippen molar-refractivity contribution in [2.75, 3.05) is 39.5 Å². The molecule has 0 saturated heterocycles. The zero-order chi connectivity index (χ0) is 27.6. The molecule has 206 valence electrons. The Morgan fingerprint density at radius 3 is 2.28 bits per heavy atom. The Morgan fingerprint density at radius 1 is 1.06 bits per heavy atom. The molecule has 0 fully saturated rings. The highest BCUT2D eigenvalue weighted by molar-refractivity contribution is 8.76. The average molecular weight is 542 g/mol. The lowest BCUT2D eigenvalue weighted by molar-refractivity contribution is -0.125. The molecule has 9 heteroatoms. The highest BCUT2D eigenvalue weighted by atomic mass is 33.1. The van der Waals surface area contributed by atoms with Crippen LogP contribution in [0.15, 0.2) is 24.3 Å². The van der Waals surface area contributed by atoms with Crippen LogP contribution in [0.4, 0.5) is 0 Å². The van der Waals surface area contributed by atoms with Gasteiger partial charge >= 0.3 is 0 Å². The molecule has 0 aliphatic carbocycles. The molecule has 1 aromatic carbocycles. The minimum atomic E-state index is -0.238. The Balaban J connectivity index is 0. The molecule has 0 saturated carbocycles. The van der Waals surface area contributed by atoms with Crippen LogP contribution in [0.3, 0.4) is 0 Å². The van der Waals surface area contributed by atoms with E-state index in [1.165, 1.54) is 5.56 Å². The lowest BCUT2D eigenvalue weighted by Gasteiger charge is -2.18. The van der Waals surface area contributed by atoms with E-state index < -0.39 is 0 Å². The fourth-order valence-corrected chi connectivity index (χ4v) is 4.34. The average Bonchev–Trinajstić information content (AvgIpc) is 2.85. The number of aryl methyl sites for hydroxylation is 1. The molecule has 0 aliphatic rings. The van der Waals surface area contributed by atoms with Gasteiger partial charge in [-0.1, -0.05) is 106 Å². The molecule has 0 aromatic heterocycles. The van der Waals surface area contributed by atoms with Crippen molar-refractivity contribution in [3.63, 3.8) is 0 Å². The van der Waals surface area contributed by atoms with Gasteiger partial charge in [0.1, 0.15) is 12.0 Å². The molecule has 0 heterocycles. The van der Waals surface area contributed by atoms with E-state index in [4.69, 9.17) is 9.47 Å². The number of likely N-dealkylation sites (N-methyl/N-ethyl adjacent to an activating group) is 1. The van der Waals surface area contributed by atoms with Crippen LogP contribution in [0.2, 0.25) is 0 Å². The summed E-state index contributed by atoms with van der Waals surface area (Å²) >= 11 is 0. The molecule has 1 rings (SSSR count). The maximum atomic E-state index is 11.6. The van der Waals surface area contributed by atoms with E-state index >= 15 is 0 Å². The first-order valence-corrected chi connectivity index (χ1v) is 14.8. The van der Waals surface area contributed by atoms with Crippen LogP contribution in [0.25, 0.3) is 0 Å². The number of benzene rings is 1. The molecule has 3 N–H and O–H groups in total. The normalized spacial score (nSPS) is 10.7. The Hall–Kier alpha value is -1.70. The van der Waals surface area contributed by atoms with Crippen molar-refractivity contribution in [1.29, 1.82) is 0 Å². The standard InChI is InChI=1S/C20H29NO3S2.C5H12N2O.C2H6/c1-15(2)10-11-21-19(22)14-23-12-13-24-20(26-25-16(3)4)18-8-6-17(5)7-9-18;1-2-6-3-4-7-5-8;1-2/h6-9,15-16,20H,12-14H2,1-5H3,(H,21,22);5-6H,2-4H2,1H3,(H,7,8);1-2H3. The van der Waals surface area contributed by atoms with Crippen molar-refractivity contribution in [3.05, 3.63) is 35.4 Å². The van der Waals surface area contributed by atoms with Crippen molar-refractivity contribution in [1.82, 2.24) is 16.0 Å². The Morgan fingerprint density at radius 2 is 1.72 bits per heavy atom. The predicted octanol–water partition coefficient (Wildman–Crippen LogP) is 4.92. The van der Waals surface area contributed by atoms with Gasteiger partial charge < -0.3 is 20.1 Å². The van der Waals surface area contributed by atoms with Gasteiger partial charge in [0.15, 0.2) is 0 Å². The largest absolute Gasteiger partial charge is 0.369 e. The van der Waals surface area contributed by atoms with E-state index in [9.17, 15) is 9.59 Å². The monoisotopic (exact) mass is 541 g/mol. The maximum absolute atomic E-state index is 11.6. The summed E-state index contributed by atoms with van der Waals surface area (Å²) in [6.45, 7) is 19.7. The molecule has 0 spiro atoms. The molecule has 0 aliphatic heterocycles. The molecular weight excluding hydrogens is 494 g/mol. The number of amides is 2. The molecule has 7 nitrogen and oxygen atoms in total. The fourth-order valence-electron chi connectivity index (χ4n) is 2.13. The molecule has 1 aromatic rings. The van der Waals surface area contributed by atoms with Crippen molar-refractivity contribution in [3.8, 4) is 12.0 Å². The lowest BCUT2D eigenvalue weighted by atomic mass is 10.2. The Kier molecular flexibility index (Phi) is 26.7. The van der Waals surface area contributed by atoms with Crippen molar-refractivity contribution < 1.29 is 19.1 Å². The number of carbonyl (C=O) groups excluding carboxylic acids is 2. The maximum Gasteiger partial charge on any atom is 0.257 e. The van der Waals surface area contributed by atoms with Crippen molar-refractivity contribution in [2.24, 2.45) is 5.92 Å². The van der Waals surface area contributed by atoms with E-state index in [1.807, 2.05) is 34.6 Å². The second-order valence-corrected chi connectivity index (χ2v) is 10.7. The summed E-state index contributed by atoms with van der Waals surface area (Å²) in [6, 6.07) is 11.0. The van der Waals surface area contributed by atoms with E-state index in [0.29, 0.717) is 24.9 Å². The second kappa shape index (κ2) is 26.4. The minimum Gasteiger partial charge on any atom is -0.369 e. The van der Waals surface area contributed by atoms with Crippen LogP contribution in [0, 0.1) is 24.8 Å². The van der Waals surface area contributed by atoms with Crippen LogP contribution in [-0.4, -0.2) is 57.0 Å². The topological polar surface area (TPSA) is 88.7 Å². The van der Waals surface area contributed by atoms with Crippen LogP contribution in [0.1, 0.15) is 65.0 Å². The highest BCUT2D eigenvalue weighted by Gasteiger charge is 2.14. The summed E-state index contributed by atoms with van der Waals surface area (Å²) in [5, 5.41) is 8.62. The zero-order valence-corrected chi connectivity index (χ0v) is 24.9. The SMILES string of the molecule is CC.CCNCCNC=O.Cc1ccc(C(OCCOCC(=O)NC#CC(C)C)SSC(C)C)cc1. The molecule has 1 atom stereocenters. The number of carbonyl (C=O) groups is 2. The van der Waals surface area contributed by atoms with Gasteiger partial charge in [0.05, 0.1) is 13.2 Å². The van der Waals surface area contributed by atoms with Crippen molar-refractivity contribution in [2.45, 2.75) is 66.1 Å². The van der Waals surface area contributed by atoms with Gasteiger partial charge in [-0.2, -0.15) is 0 Å². The van der Waals surface area contributed by atoms with Crippen molar-refractivity contribution >= 4 is 33.9 Å². The number of ether oxygens (including phenoxy) is 2. The number of hydrogen-bond acceptors (Lipinski definition) is 7. The van der Waals surface area contributed by atoms with E-state index in [1.54, 1.807) is 21.6 Å². The van der Waals surface area contributed by atoms with Crippen LogP contribution >= 0.6 is 21.6 Å². The van der Waals surface area contributed by atoms with Crippen LogP contribution in [-0.2, 0) is 19.1 Å². The van der Waals surface area contributed by atoms with Gasteiger partial charge in [-0.3, -0.25) is 14.9 Å². The Labute approximate surface area is 227 Å². The molecule has 2 amide bonds. The van der Waals surface area contributed by atoms with Gasteiger partial charge in [-0.05, 0) is 19.0 Å². The first-order valence-electron chi connectivity index (χ1n) is 12.5. The summed E-state index contributed by atoms with van der Waals surface area (Å²) in [6.07, 6.45) is 0.706. The highest BCUT2D eigenvalue weighted by Crippen LogP contribution is 2.41. The van der Waals surface area contributed by atoms with Gasteiger partial charge in [-0.25, -0.2) is 0 Å². The van der Waals surface area contributed by atoms with Crippen LogP contribution < -0.4 is 16.0 Å². The molecule has 1 unspecified atom stereocenters. The van der Waals surface area contributed by atoms with E-state index in [2.05, 4.69) is 73.0 Å². The zero-order valence-electron chi connectivity index (χ0n) is 23.3. The first kappa shape index (κ1) is 36.5. The first-order chi connectivity index (χ1) is 17.3. The molecule has 0 bridgehead atoms. The lowest BCUT2D eigenvalue weighted by Crippen LogP contribution is -2.25. The second-order valence-electron chi connectivity index (χ2n) is 7.80. The Bertz CT molecular complexity index is 720. The summed E-state index contributed by atoms with van der Waals surface area (Å²) in [4.78, 5) is 21.2. The fraction of sp³-hybridized carbons (Fsp3) is 0.630. The number of hydrogen-bond donors (Lipinski definition) is 3. The third kappa shape index (κ3) is 24.0. The summed E-state index contributed by atoms with van der Waals surface area (Å²) in [5.41, 5.74) is 2.30. The van der Waals surface area contributed by atoms with E-state index in [0.717, 1.165) is 25.2 Å². The smallest absolute Gasteiger partial charge is 0.257 e. The minimum absolute atomic E-state index is 0.0147.